The van der Waals surface area contributed by atoms with Crippen LogP contribution in [0.5, 0.6) is 0 Å². The second kappa shape index (κ2) is 10.7. The Bertz CT molecular complexity index is 175. The molecular weight excluding hydrogens is 211 g/mol. The van der Waals surface area contributed by atoms with Gasteiger partial charge in [0.2, 0.25) is 0 Å². The van der Waals surface area contributed by atoms with E-state index in [-0.39, 0.29) is 13.2 Å². The number of phosphoric acid groups is 1. The van der Waals surface area contributed by atoms with Crippen molar-refractivity contribution in [2.45, 2.75) is 19.8 Å². The van der Waals surface area contributed by atoms with E-state index in [0.29, 0.717) is 6.42 Å². The van der Waals surface area contributed by atoms with Gasteiger partial charge in [0.25, 0.3) is 0 Å². The molecule has 0 amide bonds. The molecule has 0 aliphatic carbocycles. The van der Waals surface area contributed by atoms with Gasteiger partial charge in [-0.1, -0.05) is 13.3 Å². The van der Waals surface area contributed by atoms with Crippen LogP contribution in [0.2, 0.25) is 0 Å². The second-order valence-corrected chi connectivity index (χ2v) is 3.48. The summed E-state index contributed by atoms with van der Waals surface area (Å²) in [6, 6.07) is 0. The fraction of sp³-hybridized carbons (Fsp3) is 0.714. The molecule has 7 heteroatoms. The van der Waals surface area contributed by atoms with Crippen LogP contribution in [0.3, 0.4) is 0 Å². The third kappa shape index (κ3) is 22.6. The molecule has 0 aliphatic heterocycles. The highest BCUT2D eigenvalue weighted by Crippen LogP contribution is 2.35. The number of aliphatic hydroxyl groups is 2. The molecule has 0 aliphatic rings. The molecule has 0 aromatic heterocycles. The van der Waals surface area contributed by atoms with Crippen LogP contribution in [-0.2, 0) is 9.09 Å². The first-order valence-electron chi connectivity index (χ1n) is 4.08. The van der Waals surface area contributed by atoms with Crippen molar-refractivity contribution < 1.29 is 29.1 Å². The van der Waals surface area contributed by atoms with Crippen LogP contribution in [0.4, 0.5) is 0 Å². The van der Waals surface area contributed by atoms with Crippen LogP contribution in [0.25, 0.3) is 0 Å². The van der Waals surface area contributed by atoms with Crippen molar-refractivity contribution in [1.29, 1.82) is 0 Å². The van der Waals surface area contributed by atoms with Crippen molar-refractivity contribution in [3.8, 4) is 0 Å². The maximum absolute atomic E-state index is 9.98. The lowest BCUT2D eigenvalue weighted by Gasteiger charge is -2.02. The summed E-state index contributed by atoms with van der Waals surface area (Å²) in [4.78, 5) is 16.3. The zero-order valence-corrected chi connectivity index (χ0v) is 8.93. The largest absolute Gasteiger partial charge is 0.516 e. The minimum absolute atomic E-state index is 0.0868. The summed E-state index contributed by atoms with van der Waals surface area (Å²) in [5.74, 6) is 0. The number of unbranched alkanes of at least 4 members (excludes halogenated alkanes) is 1. The number of hydrogen-bond acceptors (Lipinski definition) is 4. The number of hydrogen-bond donors (Lipinski definition) is 4. The van der Waals surface area contributed by atoms with Gasteiger partial charge in [0, 0.05) is 0 Å². The van der Waals surface area contributed by atoms with Gasteiger partial charge in [-0.25, -0.2) is 4.57 Å². The Balaban J connectivity index is 0. The van der Waals surface area contributed by atoms with Gasteiger partial charge in [-0.3, -0.25) is 4.52 Å². The standard InChI is InChI=1S/C4H11O4P.C3H6O2/c1-2-3-4-8-9(5,6)7;4-2-1-3-5/h2-4H2,1H3,(H2,5,6,7);1-2,4-5H,3H2. The lowest BCUT2D eigenvalue weighted by Crippen LogP contribution is -1.90. The molecule has 86 valence electrons. The van der Waals surface area contributed by atoms with E-state index in [9.17, 15) is 4.57 Å². The van der Waals surface area contributed by atoms with E-state index < -0.39 is 7.82 Å². The van der Waals surface area contributed by atoms with Gasteiger partial charge in [-0.15, -0.1) is 0 Å². The normalized spacial score (nSPS) is 11.1. The average molecular weight is 228 g/mol. The Kier molecular flexibility index (Phi) is 12.3. The highest BCUT2D eigenvalue weighted by atomic mass is 31.2. The Morgan fingerprint density at radius 1 is 1.43 bits per heavy atom. The van der Waals surface area contributed by atoms with Gasteiger partial charge in [0.1, 0.15) is 0 Å². The van der Waals surface area contributed by atoms with Crippen LogP contribution in [0.1, 0.15) is 19.8 Å². The molecule has 0 radical (unpaired) electrons. The smallest absolute Gasteiger partial charge is 0.469 e. The highest BCUT2D eigenvalue weighted by molar-refractivity contribution is 7.46. The van der Waals surface area contributed by atoms with Gasteiger partial charge >= 0.3 is 7.82 Å². The van der Waals surface area contributed by atoms with Gasteiger partial charge < -0.3 is 20.0 Å². The van der Waals surface area contributed by atoms with Crippen LogP contribution in [-0.4, -0.2) is 33.2 Å². The van der Waals surface area contributed by atoms with Crippen molar-refractivity contribution in [1.82, 2.24) is 0 Å². The summed E-state index contributed by atoms with van der Waals surface area (Å²) >= 11 is 0. The quantitative estimate of drug-likeness (QED) is 0.317. The van der Waals surface area contributed by atoms with Crippen molar-refractivity contribution in [3.63, 3.8) is 0 Å². The third-order valence-electron chi connectivity index (χ3n) is 0.968. The van der Waals surface area contributed by atoms with Crippen molar-refractivity contribution in [2.75, 3.05) is 13.2 Å². The molecule has 0 rings (SSSR count). The number of aliphatic hydroxyl groups excluding tert-OH is 2. The molecule has 0 heterocycles. The van der Waals surface area contributed by atoms with E-state index >= 15 is 0 Å². The average Bonchev–Trinajstić information content (AvgIpc) is 2.05. The van der Waals surface area contributed by atoms with E-state index in [4.69, 9.17) is 20.0 Å². The zero-order chi connectivity index (χ0) is 11.4. The second-order valence-electron chi connectivity index (χ2n) is 2.24. The summed E-state index contributed by atoms with van der Waals surface area (Å²) in [5, 5.41) is 15.5. The third-order valence-corrected chi connectivity index (χ3v) is 1.49. The molecule has 6 nitrogen and oxygen atoms in total. The van der Waals surface area contributed by atoms with Crippen LogP contribution in [0.15, 0.2) is 12.3 Å². The molecule has 0 saturated carbocycles. The lowest BCUT2D eigenvalue weighted by atomic mass is 10.4. The van der Waals surface area contributed by atoms with E-state index in [2.05, 4.69) is 4.52 Å². The fourth-order valence-corrected chi connectivity index (χ4v) is 0.742. The Labute approximate surface area is 83.1 Å². The van der Waals surface area contributed by atoms with Crippen molar-refractivity contribution >= 4 is 7.82 Å². The molecule has 14 heavy (non-hydrogen) atoms. The highest BCUT2D eigenvalue weighted by Gasteiger charge is 2.11. The monoisotopic (exact) mass is 228 g/mol. The van der Waals surface area contributed by atoms with Crippen LogP contribution >= 0.6 is 7.82 Å². The molecule has 0 aromatic rings. The lowest BCUT2D eigenvalue weighted by molar-refractivity contribution is 0.194. The Morgan fingerprint density at radius 3 is 2.21 bits per heavy atom. The van der Waals surface area contributed by atoms with Crippen molar-refractivity contribution in [3.05, 3.63) is 12.3 Å². The molecule has 0 saturated heterocycles. The first-order valence-corrected chi connectivity index (χ1v) is 5.61. The van der Waals surface area contributed by atoms with Gasteiger partial charge in [0.15, 0.2) is 0 Å². The van der Waals surface area contributed by atoms with E-state index in [1.807, 2.05) is 6.92 Å². The van der Waals surface area contributed by atoms with Crippen LogP contribution in [0, 0.1) is 0 Å². The Hall–Kier alpha value is -0.390. The van der Waals surface area contributed by atoms with E-state index in [1.54, 1.807) is 0 Å². The van der Waals surface area contributed by atoms with E-state index in [1.165, 1.54) is 6.08 Å². The SMILES string of the molecule is CCCCOP(=O)(O)O.OC=CCO. The summed E-state index contributed by atoms with van der Waals surface area (Å²) < 4.78 is 14.1. The van der Waals surface area contributed by atoms with Crippen LogP contribution < -0.4 is 0 Å². The molecular formula is C7H17O6P. The summed E-state index contributed by atoms with van der Waals surface area (Å²) in [7, 11) is -4.20. The van der Waals surface area contributed by atoms with Gasteiger partial charge in [-0.2, -0.15) is 0 Å². The predicted octanol–water partition coefficient (Wildman–Crippen LogP) is 0.946. The summed E-state index contributed by atoms with van der Waals surface area (Å²) in [6.45, 7) is 1.97. The number of phosphoric ester groups is 1. The zero-order valence-electron chi connectivity index (χ0n) is 8.04. The molecule has 0 bridgehead atoms. The molecule has 0 atom stereocenters. The fourth-order valence-electron chi connectivity index (χ4n) is 0.375. The minimum atomic E-state index is -4.20. The molecule has 0 aromatic carbocycles. The molecule has 0 spiro atoms. The maximum Gasteiger partial charge on any atom is 0.469 e. The molecule has 0 unspecified atom stereocenters. The van der Waals surface area contributed by atoms with Gasteiger partial charge in [-0.05, 0) is 12.5 Å². The molecule has 4 N–H and O–H groups in total. The minimum Gasteiger partial charge on any atom is -0.516 e. The first-order chi connectivity index (χ1) is 6.47. The topological polar surface area (TPSA) is 107 Å². The summed E-state index contributed by atoms with van der Waals surface area (Å²) in [5.41, 5.74) is 0. The summed E-state index contributed by atoms with van der Waals surface area (Å²) in [6.07, 6.45) is 3.60. The Morgan fingerprint density at radius 2 is 2.00 bits per heavy atom. The van der Waals surface area contributed by atoms with Crippen molar-refractivity contribution in [2.24, 2.45) is 0 Å². The van der Waals surface area contributed by atoms with Gasteiger partial charge in [0.05, 0.1) is 19.5 Å². The number of rotatable bonds is 5. The maximum atomic E-state index is 9.98. The molecule has 0 fully saturated rings. The van der Waals surface area contributed by atoms with E-state index in [0.717, 1.165) is 12.7 Å². The predicted molar refractivity (Wildman–Crippen MR) is 51.8 cm³/mol. The first kappa shape index (κ1) is 16.1.